The minimum absolute atomic E-state index is 0.00223. The molecule has 0 heterocycles. The molecular weight excluding hydrogens is 274 g/mol. The van der Waals surface area contributed by atoms with Crippen molar-refractivity contribution in [2.24, 2.45) is 5.92 Å². The van der Waals surface area contributed by atoms with E-state index in [1.165, 1.54) is 6.07 Å². The Morgan fingerprint density at radius 2 is 2.00 bits per heavy atom. The van der Waals surface area contributed by atoms with Crippen molar-refractivity contribution >= 4 is 15.7 Å². The second-order valence-corrected chi connectivity index (χ2v) is 7.73. The Morgan fingerprint density at radius 1 is 1.30 bits per heavy atom. The fraction of sp³-hybridized carbons (Fsp3) is 0.533. The van der Waals surface area contributed by atoms with Gasteiger partial charge in [-0.2, -0.15) is 0 Å². The second kappa shape index (κ2) is 5.95. The quantitative estimate of drug-likeness (QED) is 0.927. The maximum Gasteiger partial charge on any atom is 0.252 e. The van der Waals surface area contributed by atoms with Crippen molar-refractivity contribution in [3.63, 3.8) is 0 Å². The fourth-order valence-electron chi connectivity index (χ4n) is 2.68. The molecule has 0 aliphatic heterocycles. The smallest absolute Gasteiger partial charge is 0.252 e. The van der Waals surface area contributed by atoms with Crippen LogP contribution < -0.4 is 5.32 Å². The molecule has 2 rings (SSSR count). The molecule has 5 heteroatoms. The number of sulfone groups is 1. The van der Waals surface area contributed by atoms with Crippen LogP contribution in [0.2, 0.25) is 0 Å². The molecule has 1 amide bonds. The predicted octanol–water partition coefficient (Wildman–Crippen LogP) is 2.40. The first kappa shape index (κ1) is 15.0. The Hall–Kier alpha value is -1.36. The standard InChI is InChI=1S/C15H21NO3S/c1-3-20(18,19)14-7-5-4-6-13(14)15(17)16-12-9-8-11(2)10-12/h4-7,11-12H,3,8-10H2,1-2H3,(H,16,17). The van der Waals surface area contributed by atoms with E-state index in [0.717, 1.165) is 19.3 Å². The van der Waals surface area contributed by atoms with Gasteiger partial charge in [-0.1, -0.05) is 26.0 Å². The lowest BCUT2D eigenvalue weighted by Crippen LogP contribution is -2.33. The van der Waals surface area contributed by atoms with Gasteiger partial charge >= 0.3 is 0 Å². The molecule has 1 aliphatic carbocycles. The van der Waals surface area contributed by atoms with Crippen LogP contribution in [0.25, 0.3) is 0 Å². The van der Waals surface area contributed by atoms with Crippen molar-refractivity contribution in [3.05, 3.63) is 29.8 Å². The van der Waals surface area contributed by atoms with E-state index < -0.39 is 9.84 Å². The molecule has 20 heavy (non-hydrogen) atoms. The first-order chi connectivity index (χ1) is 9.44. The van der Waals surface area contributed by atoms with Gasteiger partial charge in [0.2, 0.25) is 0 Å². The van der Waals surface area contributed by atoms with E-state index in [1.807, 2.05) is 0 Å². The molecule has 4 nitrogen and oxygen atoms in total. The molecule has 1 aromatic carbocycles. The number of carbonyl (C=O) groups excluding carboxylic acids is 1. The Morgan fingerprint density at radius 3 is 2.60 bits per heavy atom. The molecule has 2 atom stereocenters. The predicted molar refractivity (Wildman–Crippen MR) is 78.4 cm³/mol. The molecule has 0 spiro atoms. The molecule has 0 bridgehead atoms. The summed E-state index contributed by atoms with van der Waals surface area (Å²) in [5.41, 5.74) is 0.258. The molecule has 0 radical (unpaired) electrons. The lowest BCUT2D eigenvalue weighted by atomic mass is 10.1. The SMILES string of the molecule is CCS(=O)(=O)c1ccccc1C(=O)NC1CCC(C)C1. The first-order valence-electron chi connectivity index (χ1n) is 7.06. The minimum atomic E-state index is -3.38. The van der Waals surface area contributed by atoms with Gasteiger partial charge in [0.15, 0.2) is 9.84 Å². The third-order valence-corrected chi connectivity index (χ3v) is 5.66. The van der Waals surface area contributed by atoms with Crippen molar-refractivity contribution in [1.29, 1.82) is 0 Å². The van der Waals surface area contributed by atoms with Crippen LogP contribution in [-0.2, 0) is 9.84 Å². The maximum atomic E-state index is 12.3. The normalized spacial score (nSPS) is 22.7. The van der Waals surface area contributed by atoms with E-state index in [9.17, 15) is 13.2 Å². The summed E-state index contributed by atoms with van der Waals surface area (Å²) in [4.78, 5) is 12.4. The number of amides is 1. The second-order valence-electron chi connectivity index (χ2n) is 5.49. The van der Waals surface area contributed by atoms with Crippen molar-refractivity contribution in [2.75, 3.05) is 5.75 Å². The van der Waals surface area contributed by atoms with Gasteiger partial charge in [-0.25, -0.2) is 8.42 Å². The summed E-state index contributed by atoms with van der Waals surface area (Å²) in [6, 6.07) is 6.59. The molecule has 1 aliphatic rings. The van der Waals surface area contributed by atoms with Gasteiger partial charge in [0.25, 0.3) is 5.91 Å². The minimum Gasteiger partial charge on any atom is -0.349 e. The fourth-order valence-corrected chi connectivity index (χ4v) is 3.77. The Balaban J connectivity index is 2.22. The van der Waals surface area contributed by atoms with E-state index >= 15 is 0 Å². The number of carbonyl (C=O) groups is 1. The molecule has 1 saturated carbocycles. The summed E-state index contributed by atoms with van der Waals surface area (Å²) >= 11 is 0. The lowest BCUT2D eigenvalue weighted by Gasteiger charge is -2.14. The van der Waals surface area contributed by atoms with Gasteiger partial charge in [-0.3, -0.25) is 4.79 Å². The summed E-state index contributed by atoms with van der Waals surface area (Å²) in [6.07, 6.45) is 3.05. The van der Waals surface area contributed by atoms with Crippen LogP contribution in [0.3, 0.4) is 0 Å². The lowest BCUT2D eigenvalue weighted by molar-refractivity contribution is 0.0934. The van der Waals surface area contributed by atoms with Gasteiger partial charge < -0.3 is 5.32 Å². The Bertz CT molecular complexity index is 595. The maximum absolute atomic E-state index is 12.3. The van der Waals surface area contributed by atoms with E-state index in [1.54, 1.807) is 25.1 Å². The van der Waals surface area contributed by atoms with Crippen LogP contribution in [0.1, 0.15) is 43.5 Å². The van der Waals surface area contributed by atoms with E-state index in [2.05, 4.69) is 12.2 Å². The third-order valence-electron chi connectivity index (χ3n) is 3.88. The van der Waals surface area contributed by atoms with Gasteiger partial charge in [0.1, 0.15) is 0 Å². The molecular formula is C15H21NO3S. The van der Waals surface area contributed by atoms with Crippen molar-refractivity contribution in [3.8, 4) is 0 Å². The highest BCUT2D eigenvalue weighted by Gasteiger charge is 2.26. The van der Waals surface area contributed by atoms with E-state index in [0.29, 0.717) is 5.92 Å². The van der Waals surface area contributed by atoms with E-state index in [4.69, 9.17) is 0 Å². The summed E-state index contributed by atoms with van der Waals surface area (Å²) in [6.45, 7) is 3.75. The van der Waals surface area contributed by atoms with Crippen LogP contribution >= 0.6 is 0 Å². The highest BCUT2D eigenvalue weighted by molar-refractivity contribution is 7.91. The molecule has 110 valence electrons. The summed E-state index contributed by atoms with van der Waals surface area (Å²) in [7, 11) is -3.38. The van der Waals surface area contributed by atoms with Crippen LogP contribution in [0.4, 0.5) is 0 Å². The highest BCUT2D eigenvalue weighted by Crippen LogP contribution is 2.25. The average molecular weight is 295 g/mol. The topological polar surface area (TPSA) is 63.2 Å². The van der Waals surface area contributed by atoms with Gasteiger partial charge in [-0.05, 0) is 37.3 Å². The number of benzene rings is 1. The van der Waals surface area contributed by atoms with Crippen LogP contribution in [0, 0.1) is 5.92 Å². The molecule has 1 N–H and O–H groups in total. The molecule has 1 aromatic rings. The average Bonchev–Trinajstić information content (AvgIpc) is 2.84. The van der Waals surface area contributed by atoms with Crippen molar-refractivity contribution in [2.45, 2.75) is 44.0 Å². The monoisotopic (exact) mass is 295 g/mol. The summed E-state index contributed by atoms with van der Waals surface area (Å²) in [5, 5.41) is 2.96. The molecule has 0 saturated heterocycles. The van der Waals surface area contributed by atoms with Gasteiger partial charge in [-0.15, -0.1) is 0 Å². The first-order valence-corrected chi connectivity index (χ1v) is 8.72. The Labute approximate surface area is 120 Å². The van der Waals surface area contributed by atoms with Crippen LogP contribution in [-0.4, -0.2) is 26.1 Å². The number of hydrogen-bond acceptors (Lipinski definition) is 3. The molecule has 0 aromatic heterocycles. The van der Waals surface area contributed by atoms with Crippen molar-refractivity contribution < 1.29 is 13.2 Å². The van der Waals surface area contributed by atoms with Gasteiger partial charge in [0.05, 0.1) is 16.2 Å². The van der Waals surface area contributed by atoms with Crippen molar-refractivity contribution in [1.82, 2.24) is 5.32 Å². The van der Waals surface area contributed by atoms with E-state index in [-0.39, 0.29) is 28.2 Å². The summed E-state index contributed by atoms with van der Waals surface area (Å²) < 4.78 is 24.1. The number of nitrogens with one attached hydrogen (secondary N) is 1. The third kappa shape index (κ3) is 3.20. The van der Waals surface area contributed by atoms with Gasteiger partial charge in [0, 0.05) is 6.04 Å². The number of hydrogen-bond donors (Lipinski definition) is 1. The largest absolute Gasteiger partial charge is 0.349 e. The summed E-state index contributed by atoms with van der Waals surface area (Å²) in [5.74, 6) is 0.337. The highest BCUT2D eigenvalue weighted by atomic mass is 32.2. The Kier molecular flexibility index (Phi) is 4.48. The zero-order valence-electron chi connectivity index (χ0n) is 11.9. The molecule has 2 unspecified atom stereocenters. The number of rotatable bonds is 4. The van der Waals surface area contributed by atoms with Crippen LogP contribution in [0.5, 0.6) is 0 Å². The zero-order valence-corrected chi connectivity index (χ0v) is 12.7. The van der Waals surface area contributed by atoms with Crippen LogP contribution in [0.15, 0.2) is 29.2 Å². The zero-order chi connectivity index (χ0) is 14.8. The molecule has 1 fully saturated rings.